The van der Waals surface area contributed by atoms with E-state index >= 15 is 0 Å². The minimum absolute atomic E-state index is 0.0646. The number of alkyl halides is 3. The summed E-state index contributed by atoms with van der Waals surface area (Å²) in [6.45, 7) is 0. The SMILES string of the molecule is O=C1[C@@H]2C3C=CC(C3)[C@@H]2C(=O)N1Nc1cccc(C(F)(F)F)c1. The first-order valence-corrected chi connectivity index (χ1v) is 7.36. The maximum Gasteiger partial charge on any atom is 0.416 e. The number of rotatable bonds is 2. The highest BCUT2D eigenvalue weighted by atomic mass is 19.4. The van der Waals surface area contributed by atoms with Gasteiger partial charge in [0.15, 0.2) is 0 Å². The second-order valence-electron chi connectivity index (χ2n) is 6.20. The van der Waals surface area contributed by atoms with Gasteiger partial charge in [-0.1, -0.05) is 18.2 Å². The number of hydrogen-bond acceptors (Lipinski definition) is 3. The van der Waals surface area contributed by atoms with E-state index in [9.17, 15) is 22.8 Å². The third kappa shape index (κ3) is 2.06. The Morgan fingerprint density at radius 3 is 2.22 bits per heavy atom. The number of hydrogen-bond donors (Lipinski definition) is 1. The largest absolute Gasteiger partial charge is 0.416 e. The molecule has 2 fully saturated rings. The number of halogens is 3. The second-order valence-corrected chi connectivity index (χ2v) is 6.20. The van der Waals surface area contributed by atoms with Crippen LogP contribution in [0.5, 0.6) is 0 Å². The van der Waals surface area contributed by atoms with Crippen molar-refractivity contribution < 1.29 is 22.8 Å². The summed E-state index contributed by atoms with van der Waals surface area (Å²) in [5.74, 6) is -1.33. The zero-order chi connectivity index (χ0) is 16.4. The molecular weight excluding hydrogens is 309 g/mol. The molecule has 0 aromatic heterocycles. The lowest BCUT2D eigenvalue weighted by molar-refractivity contribution is -0.139. The Kier molecular flexibility index (Phi) is 2.86. The van der Waals surface area contributed by atoms with Crippen LogP contribution in [0.4, 0.5) is 18.9 Å². The molecule has 1 aliphatic heterocycles. The average Bonchev–Trinajstić information content (AvgIpc) is 3.17. The molecule has 0 spiro atoms. The number of hydrazine groups is 1. The number of anilines is 1. The Hall–Kier alpha value is -2.31. The van der Waals surface area contributed by atoms with Crippen molar-refractivity contribution >= 4 is 17.5 Å². The van der Waals surface area contributed by atoms with Crippen LogP contribution in [-0.2, 0) is 15.8 Å². The van der Waals surface area contributed by atoms with E-state index in [4.69, 9.17) is 0 Å². The molecule has 1 aromatic carbocycles. The van der Waals surface area contributed by atoms with Gasteiger partial charge in [0.25, 0.3) is 11.8 Å². The van der Waals surface area contributed by atoms with Gasteiger partial charge in [0.2, 0.25) is 0 Å². The van der Waals surface area contributed by atoms with Crippen molar-refractivity contribution in [3.05, 3.63) is 42.0 Å². The van der Waals surface area contributed by atoms with Crippen LogP contribution in [0.15, 0.2) is 36.4 Å². The molecule has 7 heteroatoms. The summed E-state index contributed by atoms with van der Waals surface area (Å²) in [4.78, 5) is 24.9. The van der Waals surface area contributed by atoms with Gasteiger partial charge in [-0.3, -0.25) is 15.0 Å². The molecule has 3 aliphatic rings. The van der Waals surface area contributed by atoms with E-state index in [1.54, 1.807) is 0 Å². The molecule has 1 N–H and O–H groups in total. The van der Waals surface area contributed by atoms with Gasteiger partial charge >= 0.3 is 6.18 Å². The second kappa shape index (κ2) is 4.59. The lowest BCUT2D eigenvalue weighted by atomic mass is 9.85. The number of benzene rings is 1. The molecule has 120 valence electrons. The molecule has 4 nitrogen and oxygen atoms in total. The standard InChI is InChI=1S/C16H13F3N2O2/c17-16(18,19)10-2-1-3-11(7-10)20-21-14(22)12-8-4-5-9(6-8)13(12)15(21)23/h1-5,7-9,12-13,20H,6H2/t8?,9?,12-,13+. The van der Waals surface area contributed by atoms with Crippen molar-refractivity contribution in [2.75, 3.05) is 5.43 Å². The number of allylic oxidation sites excluding steroid dienone is 2. The monoisotopic (exact) mass is 322 g/mol. The average molecular weight is 322 g/mol. The Bertz CT molecular complexity index is 698. The van der Waals surface area contributed by atoms with Gasteiger partial charge in [0, 0.05) is 0 Å². The molecule has 1 heterocycles. The molecule has 4 rings (SSSR count). The Labute approximate surface area is 129 Å². The number of nitrogens with zero attached hydrogens (tertiary/aromatic N) is 1. The molecule has 2 unspecified atom stereocenters. The zero-order valence-electron chi connectivity index (χ0n) is 11.9. The van der Waals surface area contributed by atoms with Crippen LogP contribution in [0.2, 0.25) is 0 Å². The first-order chi connectivity index (χ1) is 10.9. The topological polar surface area (TPSA) is 49.4 Å². The summed E-state index contributed by atoms with van der Waals surface area (Å²) < 4.78 is 38.2. The van der Waals surface area contributed by atoms with E-state index in [2.05, 4.69) is 5.43 Å². The van der Waals surface area contributed by atoms with Gasteiger partial charge in [-0.25, -0.2) is 0 Å². The van der Waals surface area contributed by atoms with Crippen molar-refractivity contribution in [1.29, 1.82) is 0 Å². The van der Waals surface area contributed by atoms with Crippen LogP contribution < -0.4 is 5.43 Å². The van der Waals surface area contributed by atoms with E-state index in [0.717, 1.165) is 23.6 Å². The van der Waals surface area contributed by atoms with Crippen molar-refractivity contribution in [3.8, 4) is 0 Å². The van der Waals surface area contributed by atoms with Crippen LogP contribution in [0.3, 0.4) is 0 Å². The fourth-order valence-electron chi connectivity index (χ4n) is 3.91. The number of carbonyl (C=O) groups excluding carboxylic acids is 2. The Morgan fingerprint density at radius 2 is 1.65 bits per heavy atom. The van der Waals surface area contributed by atoms with E-state index < -0.39 is 11.7 Å². The highest BCUT2D eigenvalue weighted by Gasteiger charge is 2.59. The molecule has 0 radical (unpaired) electrons. The molecule has 1 aromatic rings. The van der Waals surface area contributed by atoms with Crippen LogP contribution >= 0.6 is 0 Å². The summed E-state index contributed by atoms with van der Waals surface area (Å²) in [7, 11) is 0. The van der Waals surface area contributed by atoms with Gasteiger partial charge < -0.3 is 0 Å². The summed E-state index contributed by atoms with van der Waals surface area (Å²) in [6.07, 6.45) is 0.260. The lowest BCUT2D eigenvalue weighted by Gasteiger charge is -2.20. The van der Waals surface area contributed by atoms with E-state index in [1.165, 1.54) is 12.1 Å². The minimum Gasteiger partial charge on any atom is -0.289 e. The summed E-state index contributed by atoms with van der Waals surface area (Å²) >= 11 is 0. The van der Waals surface area contributed by atoms with Crippen LogP contribution in [-0.4, -0.2) is 16.8 Å². The van der Waals surface area contributed by atoms with Crippen molar-refractivity contribution in [2.45, 2.75) is 12.6 Å². The molecule has 2 amide bonds. The number of nitrogens with one attached hydrogen (secondary N) is 1. The minimum atomic E-state index is -4.48. The highest BCUT2D eigenvalue weighted by molar-refractivity contribution is 6.07. The van der Waals surface area contributed by atoms with Gasteiger partial charge in [-0.15, -0.1) is 0 Å². The molecular formula is C16H13F3N2O2. The number of imide groups is 1. The quantitative estimate of drug-likeness (QED) is 0.673. The van der Waals surface area contributed by atoms with E-state index in [1.807, 2.05) is 12.2 Å². The van der Waals surface area contributed by atoms with E-state index in [-0.39, 0.29) is 41.2 Å². The summed E-state index contributed by atoms with van der Waals surface area (Å²) in [5.41, 5.74) is 1.80. The normalized spacial score (nSPS) is 31.9. The van der Waals surface area contributed by atoms with Crippen LogP contribution in [0.25, 0.3) is 0 Å². The Balaban J connectivity index is 1.59. The summed E-state index contributed by atoms with van der Waals surface area (Å²) in [6, 6.07) is 4.47. The predicted molar refractivity (Wildman–Crippen MR) is 74.6 cm³/mol. The molecule has 1 saturated carbocycles. The maximum absolute atomic E-state index is 12.7. The number of carbonyl (C=O) groups is 2. The number of fused-ring (bicyclic) bond motifs is 5. The zero-order valence-corrected chi connectivity index (χ0v) is 11.9. The first kappa shape index (κ1) is 14.3. The Morgan fingerprint density at radius 1 is 1.04 bits per heavy atom. The lowest BCUT2D eigenvalue weighted by Crippen LogP contribution is -2.38. The van der Waals surface area contributed by atoms with Crippen molar-refractivity contribution in [1.82, 2.24) is 5.01 Å². The van der Waals surface area contributed by atoms with Crippen molar-refractivity contribution in [3.63, 3.8) is 0 Å². The molecule has 2 bridgehead atoms. The van der Waals surface area contributed by atoms with Crippen LogP contribution in [0.1, 0.15) is 12.0 Å². The highest BCUT2D eigenvalue weighted by Crippen LogP contribution is 2.52. The van der Waals surface area contributed by atoms with Gasteiger partial charge in [-0.2, -0.15) is 18.2 Å². The van der Waals surface area contributed by atoms with Gasteiger partial charge in [0.05, 0.1) is 23.1 Å². The predicted octanol–water partition coefficient (Wildman–Crippen LogP) is 2.84. The molecule has 2 aliphatic carbocycles. The van der Waals surface area contributed by atoms with Gasteiger partial charge in [-0.05, 0) is 36.5 Å². The third-order valence-electron chi connectivity index (χ3n) is 4.90. The first-order valence-electron chi connectivity index (χ1n) is 7.36. The molecule has 1 saturated heterocycles. The van der Waals surface area contributed by atoms with Crippen molar-refractivity contribution in [2.24, 2.45) is 23.7 Å². The molecule has 23 heavy (non-hydrogen) atoms. The summed E-state index contributed by atoms with van der Waals surface area (Å²) in [5, 5.41) is 0.886. The van der Waals surface area contributed by atoms with Crippen LogP contribution in [0, 0.1) is 23.7 Å². The number of amides is 2. The third-order valence-corrected chi connectivity index (χ3v) is 4.90. The maximum atomic E-state index is 12.7. The van der Waals surface area contributed by atoms with E-state index in [0.29, 0.717) is 0 Å². The van der Waals surface area contributed by atoms with Gasteiger partial charge in [0.1, 0.15) is 0 Å². The smallest absolute Gasteiger partial charge is 0.289 e. The fourth-order valence-corrected chi connectivity index (χ4v) is 3.91. The fraction of sp³-hybridized carbons (Fsp3) is 0.375. The molecule has 4 atom stereocenters.